The monoisotopic (exact) mass is 341 g/mol. The molecule has 4 nitrogen and oxygen atoms in total. The average molecular weight is 341 g/mol. The van der Waals surface area contributed by atoms with Crippen molar-refractivity contribution in [3.05, 3.63) is 59.3 Å². The number of anilines is 1. The largest absolute Gasteiger partial charge is 0.383 e. The topological polar surface area (TPSA) is 30.3 Å². The van der Waals surface area contributed by atoms with E-state index in [1.54, 1.807) is 19.2 Å². The Bertz CT molecular complexity index is 871. The number of methoxy groups -OCH3 is 1. The van der Waals surface area contributed by atoms with Crippen molar-refractivity contribution in [3.63, 3.8) is 0 Å². The van der Waals surface area contributed by atoms with Crippen molar-refractivity contribution in [3.8, 4) is 0 Å². The van der Waals surface area contributed by atoms with E-state index in [4.69, 9.17) is 4.74 Å². The Labute approximate surface area is 147 Å². The molecule has 0 saturated carbocycles. The van der Waals surface area contributed by atoms with Crippen LogP contribution in [0.1, 0.15) is 17.0 Å². The minimum Gasteiger partial charge on any atom is -0.383 e. The number of nitrogens with zero attached hydrogens (tertiary/aromatic N) is 3. The van der Waals surface area contributed by atoms with Gasteiger partial charge in [0.2, 0.25) is 0 Å². The molecule has 25 heavy (non-hydrogen) atoms. The van der Waals surface area contributed by atoms with Crippen LogP contribution in [0.15, 0.2) is 36.5 Å². The first-order valence-electron chi connectivity index (χ1n) is 8.42. The first-order valence-corrected chi connectivity index (χ1v) is 8.42. The van der Waals surface area contributed by atoms with Gasteiger partial charge in [0, 0.05) is 43.7 Å². The first kappa shape index (κ1) is 17.4. The van der Waals surface area contributed by atoms with E-state index in [1.807, 2.05) is 13.2 Å². The van der Waals surface area contributed by atoms with Crippen LogP contribution in [-0.4, -0.2) is 30.3 Å². The Hall–Kier alpha value is -2.40. The van der Waals surface area contributed by atoms with E-state index in [2.05, 4.69) is 34.4 Å². The summed E-state index contributed by atoms with van der Waals surface area (Å²) in [5.74, 6) is -0.225. The van der Waals surface area contributed by atoms with E-state index >= 15 is 0 Å². The van der Waals surface area contributed by atoms with E-state index in [-0.39, 0.29) is 5.82 Å². The highest BCUT2D eigenvalue weighted by molar-refractivity contribution is 5.87. The van der Waals surface area contributed by atoms with Gasteiger partial charge in [-0.1, -0.05) is 0 Å². The standard InChI is InChI=1S/C20H24FN3O/c1-14-15(2)24(11-12-25-4)20-18(14)9-10-22-19(20)13-23(3)17-7-5-16(21)6-8-17/h5-10H,11-13H2,1-4H3. The van der Waals surface area contributed by atoms with Crippen molar-refractivity contribution in [2.75, 3.05) is 25.7 Å². The third-order valence-corrected chi connectivity index (χ3v) is 4.79. The summed E-state index contributed by atoms with van der Waals surface area (Å²) in [4.78, 5) is 6.72. The third-order valence-electron chi connectivity index (χ3n) is 4.79. The number of hydrogen-bond acceptors (Lipinski definition) is 3. The van der Waals surface area contributed by atoms with Gasteiger partial charge in [0.25, 0.3) is 0 Å². The Morgan fingerprint density at radius 1 is 1.16 bits per heavy atom. The van der Waals surface area contributed by atoms with Crippen LogP contribution in [0.4, 0.5) is 10.1 Å². The summed E-state index contributed by atoms with van der Waals surface area (Å²) in [5.41, 5.74) is 5.65. The lowest BCUT2D eigenvalue weighted by Crippen LogP contribution is -2.18. The number of hydrogen-bond donors (Lipinski definition) is 0. The molecule has 2 heterocycles. The molecule has 132 valence electrons. The van der Waals surface area contributed by atoms with Crippen LogP contribution in [0.25, 0.3) is 10.9 Å². The van der Waals surface area contributed by atoms with Crippen LogP contribution in [0.3, 0.4) is 0 Å². The number of fused-ring (bicyclic) bond motifs is 1. The quantitative estimate of drug-likeness (QED) is 0.677. The Balaban J connectivity index is 2.00. The summed E-state index contributed by atoms with van der Waals surface area (Å²) in [6.07, 6.45) is 1.86. The van der Waals surface area contributed by atoms with Crippen molar-refractivity contribution in [2.45, 2.75) is 26.9 Å². The molecule has 2 aromatic heterocycles. The summed E-state index contributed by atoms with van der Waals surface area (Å²) in [6, 6.07) is 8.61. The maximum Gasteiger partial charge on any atom is 0.123 e. The number of ether oxygens (including phenoxy) is 1. The summed E-state index contributed by atoms with van der Waals surface area (Å²) < 4.78 is 20.7. The minimum atomic E-state index is -0.225. The second-order valence-electron chi connectivity index (χ2n) is 6.34. The second kappa shape index (κ2) is 7.23. The Morgan fingerprint density at radius 3 is 2.56 bits per heavy atom. The summed E-state index contributed by atoms with van der Waals surface area (Å²) in [7, 11) is 3.71. The average Bonchev–Trinajstić information content (AvgIpc) is 2.86. The molecule has 0 unspecified atom stereocenters. The van der Waals surface area contributed by atoms with Crippen molar-refractivity contribution in [1.29, 1.82) is 0 Å². The molecule has 0 spiro atoms. The van der Waals surface area contributed by atoms with Crippen LogP contribution >= 0.6 is 0 Å². The molecule has 0 aliphatic heterocycles. The third kappa shape index (κ3) is 3.37. The van der Waals surface area contributed by atoms with Gasteiger partial charge in [-0.15, -0.1) is 0 Å². The highest BCUT2D eigenvalue weighted by Gasteiger charge is 2.16. The van der Waals surface area contributed by atoms with Gasteiger partial charge in [-0.25, -0.2) is 4.39 Å². The molecule has 0 fully saturated rings. The second-order valence-corrected chi connectivity index (χ2v) is 6.34. The van der Waals surface area contributed by atoms with E-state index < -0.39 is 0 Å². The van der Waals surface area contributed by atoms with E-state index in [1.165, 1.54) is 28.8 Å². The van der Waals surface area contributed by atoms with Crippen molar-refractivity contribution in [2.24, 2.45) is 0 Å². The first-order chi connectivity index (χ1) is 12.0. The van der Waals surface area contributed by atoms with Crippen LogP contribution in [0.2, 0.25) is 0 Å². The van der Waals surface area contributed by atoms with Gasteiger partial charge in [0.15, 0.2) is 0 Å². The highest BCUT2D eigenvalue weighted by Crippen LogP contribution is 2.28. The van der Waals surface area contributed by atoms with E-state index in [0.717, 1.165) is 23.4 Å². The fourth-order valence-electron chi connectivity index (χ4n) is 3.26. The normalized spacial score (nSPS) is 11.2. The van der Waals surface area contributed by atoms with Crippen molar-refractivity contribution in [1.82, 2.24) is 9.55 Å². The SMILES string of the molecule is COCCn1c(C)c(C)c2ccnc(CN(C)c3ccc(F)cc3)c21. The molecule has 0 saturated heterocycles. The van der Waals surface area contributed by atoms with Gasteiger partial charge < -0.3 is 14.2 Å². The fourth-order valence-corrected chi connectivity index (χ4v) is 3.26. The van der Waals surface area contributed by atoms with Crippen LogP contribution in [0, 0.1) is 19.7 Å². The predicted molar refractivity (Wildman–Crippen MR) is 99.6 cm³/mol. The molecule has 0 aliphatic rings. The fraction of sp³-hybridized carbons (Fsp3) is 0.350. The summed E-state index contributed by atoms with van der Waals surface area (Å²) >= 11 is 0. The molecule has 0 N–H and O–H groups in total. The van der Waals surface area contributed by atoms with E-state index in [9.17, 15) is 4.39 Å². The molecule has 3 aromatic rings. The highest BCUT2D eigenvalue weighted by atomic mass is 19.1. The van der Waals surface area contributed by atoms with Gasteiger partial charge >= 0.3 is 0 Å². The number of halogens is 1. The van der Waals surface area contributed by atoms with Crippen molar-refractivity contribution >= 4 is 16.6 Å². The lowest BCUT2D eigenvalue weighted by atomic mass is 10.1. The predicted octanol–water partition coefficient (Wildman–Crippen LogP) is 4.08. The number of benzene rings is 1. The molecule has 0 aliphatic carbocycles. The summed E-state index contributed by atoms with van der Waals surface area (Å²) in [5, 5.41) is 1.23. The molecule has 0 radical (unpaired) electrons. The zero-order valence-electron chi connectivity index (χ0n) is 15.2. The molecule has 0 atom stereocenters. The van der Waals surface area contributed by atoms with Gasteiger partial charge in [-0.2, -0.15) is 0 Å². The molecule has 0 amide bonds. The number of aryl methyl sites for hydroxylation is 1. The molecular formula is C20H24FN3O. The zero-order valence-corrected chi connectivity index (χ0v) is 15.2. The lowest BCUT2D eigenvalue weighted by Gasteiger charge is -2.20. The van der Waals surface area contributed by atoms with Crippen LogP contribution < -0.4 is 4.90 Å². The van der Waals surface area contributed by atoms with Gasteiger partial charge in [0.1, 0.15) is 5.82 Å². The molecule has 0 bridgehead atoms. The summed E-state index contributed by atoms with van der Waals surface area (Å²) in [6.45, 7) is 6.39. The molecule has 3 rings (SSSR count). The van der Waals surface area contributed by atoms with Gasteiger partial charge in [-0.05, 0) is 49.7 Å². The lowest BCUT2D eigenvalue weighted by molar-refractivity contribution is 0.188. The van der Waals surface area contributed by atoms with Gasteiger partial charge in [0.05, 0.1) is 24.4 Å². The van der Waals surface area contributed by atoms with Gasteiger partial charge in [-0.3, -0.25) is 4.98 Å². The van der Waals surface area contributed by atoms with Crippen LogP contribution in [0.5, 0.6) is 0 Å². The minimum absolute atomic E-state index is 0.225. The van der Waals surface area contributed by atoms with Crippen molar-refractivity contribution < 1.29 is 9.13 Å². The zero-order chi connectivity index (χ0) is 18.0. The molecular weight excluding hydrogens is 317 g/mol. The number of rotatable bonds is 6. The maximum absolute atomic E-state index is 13.2. The number of pyridine rings is 1. The van der Waals surface area contributed by atoms with Crippen LogP contribution in [-0.2, 0) is 17.8 Å². The Morgan fingerprint density at radius 2 is 1.88 bits per heavy atom. The Kier molecular flexibility index (Phi) is 5.04. The smallest absolute Gasteiger partial charge is 0.123 e. The molecule has 5 heteroatoms. The van der Waals surface area contributed by atoms with E-state index in [0.29, 0.717) is 13.2 Å². The molecule has 1 aromatic carbocycles. The maximum atomic E-state index is 13.2. The number of aromatic nitrogens is 2.